The van der Waals surface area contributed by atoms with Gasteiger partial charge in [-0.2, -0.15) is 0 Å². The molecule has 1 saturated heterocycles. The summed E-state index contributed by atoms with van der Waals surface area (Å²) in [6.07, 6.45) is 9.88. The van der Waals surface area contributed by atoms with Crippen LogP contribution in [0.3, 0.4) is 0 Å². The molecule has 0 spiro atoms. The second kappa shape index (κ2) is 396. The van der Waals surface area contributed by atoms with Gasteiger partial charge in [0.1, 0.15) is 74.7 Å². The Morgan fingerprint density at radius 3 is 0.568 bits per heavy atom. The fourth-order valence-electron chi connectivity index (χ4n) is 1.92. The molecule has 28 N–H and O–H groups in total. The average Bonchev–Trinajstić information content (AvgIpc) is 3.58. The van der Waals surface area contributed by atoms with E-state index in [4.69, 9.17) is 57.8 Å². The molecule has 1 aromatic carbocycles. The second-order valence-corrected chi connectivity index (χ2v) is 14.4. The van der Waals surface area contributed by atoms with Crippen molar-refractivity contribution < 1.29 is 62.6 Å². The van der Waals surface area contributed by atoms with Crippen molar-refractivity contribution in [3.05, 3.63) is 35.9 Å². The van der Waals surface area contributed by atoms with Gasteiger partial charge in [0.25, 0.3) is 0 Å². The van der Waals surface area contributed by atoms with Crippen LogP contribution in [0.1, 0.15) is 210 Å². The lowest BCUT2D eigenvalue weighted by molar-refractivity contribution is -0.129. The van der Waals surface area contributed by atoms with Gasteiger partial charge in [-0.15, -0.1) is 0 Å². The number of aliphatic hydroxyl groups excluding tert-OH is 1. The van der Waals surface area contributed by atoms with E-state index < -0.39 is 0 Å². The smallest absolute Gasteiger partial charge is 0.219 e. The molecule has 2 rings (SSSR count). The minimum Gasteiger partial charge on any atom is -0.394 e. The van der Waals surface area contributed by atoms with Crippen molar-refractivity contribution >= 4 is 80.6 Å². The maximum atomic E-state index is 10.7. The van der Waals surface area contributed by atoms with Crippen molar-refractivity contribution in [3.63, 3.8) is 0 Å². The monoisotopic (exact) mass is 1300 g/mol. The first-order valence-electron chi connectivity index (χ1n) is 27.4. The summed E-state index contributed by atoms with van der Waals surface area (Å²) >= 11 is 0. The summed E-state index contributed by atoms with van der Waals surface area (Å²) in [5, 5.41) is 8.06. The van der Waals surface area contributed by atoms with Gasteiger partial charge in [-0.25, -0.2) is 0 Å². The third-order valence-corrected chi connectivity index (χ3v) is 6.32. The molecule has 0 atom stereocenters. The van der Waals surface area contributed by atoms with Crippen molar-refractivity contribution in [1.82, 2.24) is 35.7 Å². The van der Waals surface area contributed by atoms with Crippen LogP contribution in [0, 0.1) is 29.6 Å². The summed E-state index contributed by atoms with van der Waals surface area (Å²) < 4.78 is 0. The SMILES string of the molecule is C=O.C=O.C=O.C=O.C=O.C=O.C=O.C=O.C=O.C=O.C=O.CC.CC.CC(=O)N1CCCCC1.CC(C)C.CC(C)O.CCC(C)C.CCC(C)C.CCC(C)C.CCC(C)C.CCc1ccccc1.CN.CN.CN.CN.CN.CN.N.N.N.N.N. The molecule has 1 amide bonds. The number of amides is 1. The van der Waals surface area contributed by atoms with Gasteiger partial charge in [0.05, 0.1) is 0 Å². The summed E-state index contributed by atoms with van der Waals surface area (Å²) in [5.41, 5.74) is 28.4. The van der Waals surface area contributed by atoms with E-state index in [-0.39, 0.29) is 42.8 Å². The van der Waals surface area contributed by atoms with Crippen molar-refractivity contribution in [2.24, 2.45) is 64.0 Å². The summed E-state index contributed by atoms with van der Waals surface area (Å²) in [6, 6.07) is 10.5. The largest absolute Gasteiger partial charge is 0.394 e. The van der Waals surface area contributed by atoms with E-state index in [1.807, 2.05) is 113 Å². The molecular formula is C63H168N12O13. The van der Waals surface area contributed by atoms with Crippen LogP contribution in [0.25, 0.3) is 0 Å². The number of likely N-dealkylation sites (tertiary alicyclic amines) is 1. The Balaban J connectivity index is -0.0000000145. The minimum absolute atomic E-state index is 0. The summed E-state index contributed by atoms with van der Waals surface area (Å²) in [6.45, 7) is 72.3. The van der Waals surface area contributed by atoms with E-state index in [1.54, 1.807) is 20.8 Å². The van der Waals surface area contributed by atoms with Crippen LogP contribution in [0.4, 0.5) is 0 Å². The third kappa shape index (κ3) is 845. The zero-order valence-electron chi connectivity index (χ0n) is 64.0. The van der Waals surface area contributed by atoms with Crippen molar-refractivity contribution in [2.45, 2.75) is 217 Å². The number of piperidine rings is 1. The van der Waals surface area contributed by atoms with Crippen LogP contribution in [-0.4, -0.2) is 152 Å². The Morgan fingerprint density at radius 2 is 0.500 bits per heavy atom. The fraction of sp³-hybridized carbons (Fsp3) is 0.714. The molecule has 1 aromatic rings. The molecule has 1 aliphatic rings. The summed E-state index contributed by atoms with van der Waals surface area (Å²) in [4.78, 5) is 101. The summed E-state index contributed by atoms with van der Waals surface area (Å²) in [5.74, 6) is 4.60. The van der Waals surface area contributed by atoms with E-state index in [0.717, 1.165) is 49.1 Å². The van der Waals surface area contributed by atoms with Gasteiger partial charge in [-0.1, -0.05) is 194 Å². The lowest BCUT2D eigenvalue weighted by Gasteiger charge is -2.24. The van der Waals surface area contributed by atoms with Gasteiger partial charge in [-0.3, -0.25) is 4.79 Å². The number of rotatable bonds is 5. The highest BCUT2D eigenvalue weighted by Crippen LogP contribution is 2.07. The first kappa shape index (κ1) is 199. The van der Waals surface area contributed by atoms with E-state index in [0.29, 0.717) is 0 Å². The van der Waals surface area contributed by atoms with Gasteiger partial charge < -0.3 is 128 Å². The highest BCUT2D eigenvalue weighted by atomic mass is 16.3. The molecule has 0 aliphatic carbocycles. The molecule has 0 unspecified atom stereocenters. The molecule has 1 aliphatic heterocycles. The molecule has 0 radical (unpaired) electrons. The molecule has 0 bridgehead atoms. The number of benzene rings is 1. The zero-order chi connectivity index (χ0) is 74.8. The number of carbonyl (C=O) groups excluding carboxylic acids is 12. The number of carbonyl (C=O) groups is 12. The van der Waals surface area contributed by atoms with Gasteiger partial charge in [-0.05, 0) is 117 Å². The van der Waals surface area contributed by atoms with Gasteiger partial charge in [0, 0.05) is 26.1 Å². The van der Waals surface area contributed by atoms with E-state index >= 15 is 0 Å². The number of aryl methyl sites for hydroxylation is 1. The van der Waals surface area contributed by atoms with Gasteiger partial charge in [0.15, 0.2) is 0 Å². The molecule has 0 aromatic heterocycles. The maximum absolute atomic E-state index is 10.7. The van der Waals surface area contributed by atoms with E-state index in [9.17, 15) is 4.79 Å². The van der Waals surface area contributed by atoms with Crippen molar-refractivity contribution in [3.8, 4) is 0 Å². The Morgan fingerprint density at radius 1 is 0.375 bits per heavy atom. The average molecular weight is 1300 g/mol. The standard InChI is InChI=1S/C8H10.C7H13NO.4C5H12.C4H10.C3H8O.2C2H6.6CH5N.11CH2O.5H3N/c1-2-8-6-4-3-5-7-8;1-7(9)8-5-3-2-4-6-8;4*1-4-5(2)3;1-4(2)3;1-3(2)4;19*1-2;;;;;/h3-7H,2H2,1H3;2-6H2,1H3;4*5H,4H2,1-3H3;4H,1-3H3;3-4H,1-2H3;2*1-2H3;6*2H2,1H3;11*1H2;5*1H3. The normalized spacial score (nSPS) is 6.91. The van der Waals surface area contributed by atoms with E-state index in [2.05, 4.69) is 169 Å². The van der Waals surface area contributed by atoms with Crippen LogP contribution in [-0.2, 0) is 64.0 Å². The topological polar surface area (TPSA) is 559 Å². The molecule has 25 heteroatoms. The second-order valence-electron chi connectivity index (χ2n) is 14.4. The molecule has 25 nitrogen and oxygen atoms in total. The number of nitrogens with two attached hydrogens (primary N) is 6. The van der Waals surface area contributed by atoms with Crippen LogP contribution in [0.2, 0.25) is 0 Å². The van der Waals surface area contributed by atoms with Gasteiger partial charge in [0.2, 0.25) is 5.91 Å². The number of nitrogens with zero attached hydrogens (tertiary/aromatic N) is 1. The zero-order valence-corrected chi connectivity index (χ0v) is 64.0. The minimum atomic E-state index is -0.167. The quantitative estimate of drug-likeness (QED) is 0.130. The van der Waals surface area contributed by atoms with Crippen molar-refractivity contribution in [2.75, 3.05) is 55.4 Å². The highest BCUT2D eigenvalue weighted by Gasteiger charge is 2.11. The Hall–Kier alpha value is -5.42. The maximum Gasteiger partial charge on any atom is 0.219 e. The van der Waals surface area contributed by atoms with Crippen LogP contribution in [0.15, 0.2) is 30.3 Å². The molecule has 1 fully saturated rings. The predicted octanol–water partition coefficient (Wildman–Crippen LogP) is 11.8. The fourth-order valence-corrected chi connectivity index (χ4v) is 1.92. The molecule has 0 saturated carbocycles. The molecule has 88 heavy (non-hydrogen) atoms. The predicted molar refractivity (Wildman–Crippen MR) is 397 cm³/mol. The lowest BCUT2D eigenvalue weighted by Crippen LogP contribution is -2.33. The number of aliphatic hydroxyl groups is 1. The molecular weight excluding hydrogens is 1130 g/mol. The highest BCUT2D eigenvalue weighted by molar-refractivity contribution is 5.73. The van der Waals surface area contributed by atoms with Gasteiger partial charge >= 0.3 is 0 Å². The van der Waals surface area contributed by atoms with E-state index in [1.165, 1.54) is 92.8 Å². The molecule has 558 valence electrons. The Kier molecular flexibility index (Phi) is 894. The lowest BCUT2D eigenvalue weighted by atomic mass is 10.1. The van der Waals surface area contributed by atoms with Crippen molar-refractivity contribution in [1.29, 1.82) is 0 Å². The summed E-state index contributed by atoms with van der Waals surface area (Å²) in [7, 11) is 9.00. The Bertz CT molecular complexity index is 778. The number of hydrogen-bond donors (Lipinski definition) is 12. The molecule has 1 heterocycles. The van der Waals surface area contributed by atoms with Crippen LogP contribution >= 0.6 is 0 Å². The first-order chi connectivity index (χ1) is 39.8. The third-order valence-electron chi connectivity index (χ3n) is 6.32. The number of hydrogen-bond acceptors (Lipinski definition) is 24. The van der Waals surface area contributed by atoms with Crippen LogP contribution in [0.5, 0.6) is 0 Å². The van der Waals surface area contributed by atoms with Crippen LogP contribution < -0.4 is 65.2 Å². The first-order valence-corrected chi connectivity index (χ1v) is 27.4. The Labute approximate surface area is 549 Å².